The summed E-state index contributed by atoms with van der Waals surface area (Å²) in [6, 6.07) is 12.8. The molecule has 2 unspecified atom stereocenters. The maximum atomic E-state index is 14.3. The number of alkyl carbamates (subject to hydrolysis) is 1. The molecule has 2 aromatic rings. The van der Waals surface area contributed by atoms with Crippen molar-refractivity contribution < 1.29 is 28.7 Å². The monoisotopic (exact) mass is 595 g/mol. The number of esters is 1. The van der Waals surface area contributed by atoms with Gasteiger partial charge in [-0.3, -0.25) is 9.59 Å². The second-order valence-corrected chi connectivity index (χ2v) is 13.8. The Hall–Kier alpha value is -3.88. The van der Waals surface area contributed by atoms with Crippen molar-refractivity contribution in [1.29, 1.82) is 0 Å². The minimum Gasteiger partial charge on any atom is -0.458 e. The van der Waals surface area contributed by atoms with Crippen molar-refractivity contribution in [1.82, 2.24) is 15.5 Å². The smallest absolute Gasteiger partial charge is 0.408 e. The first-order chi connectivity index (χ1) is 19.7. The first-order valence-corrected chi connectivity index (χ1v) is 14.6. The lowest BCUT2D eigenvalue weighted by Gasteiger charge is -2.42. The van der Waals surface area contributed by atoms with Gasteiger partial charge in [0, 0.05) is 12.0 Å². The standard InChI is InChI=1S/C34H49N3O6/c1-22-17-18-25(19-23(22)2)28(37(32(3,4)5)27(38)21-35-31(41)43-34(9,10)11)29(39)36-26(30(40)42-33(6,7)8)20-24-15-13-12-14-16-24/h12-19,26,28H,20-21H2,1-11H3,(H,35,41)(H,36,39). The number of carbonyl (C=O) groups excluding carboxylic acids is 4. The minimum atomic E-state index is -1.12. The van der Waals surface area contributed by atoms with E-state index in [9.17, 15) is 19.2 Å². The molecule has 0 heterocycles. The van der Waals surface area contributed by atoms with Crippen LogP contribution in [0.1, 0.15) is 90.6 Å². The van der Waals surface area contributed by atoms with E-state index in [0.29, 0.717) is 5.56 Å². The third kappa shape index (κ3) is 11.4. The van der Waals surface area contributed by atoms with E-state index in [-0.39, 0.29) is 13.0 Å². The van der Waals surface area contributed by atoms with Gasteiger partial charge in [-0.05, 0) is 98.4 Å². The van der Waals surface area contributed by atoms with Gasteiger partial charge in [0.05, 0.1) is 0 Å². The second kappa shape index (κ2) is 14.1. The molecule has 0 aliphatic heterocycles. The van der Waals surface area contributed by atoms with Crippen molar-refractivity contribution in [2.75, 3.05) is 6.54 Å². The van der Waals surface area contributed by atoms with E-state index in [1.165, 1.54) is 4.90 Å². The van der Waals surface area contributed by atoms with Gasteiger partial charge in [0.2, 0.25) is 11.8 Å². The fourth-order valence-corrected chi connectivity index (χ4v) is 4.47. The summed E-state index contributed by atoms with van der Waals surface area (Å²) in [5.41, 5.74) is 1.01. The molecule has 0 aliphatic rings. The molecule has 0 saturated carbocycles. The van der Waals surface area contributed by atoms with Crippen LogP contribution in [-0.2, 0) is 30.3 Å². The number of carbonyl (C=O) groups is 4. The average Bonchev–Trinajstić information content (AvgIpc) is 2.85. The van der Waals surface area contributed by atoms with Crippen LogP contribution in [0.4, 0.5) is 4.79 Å². The Balaban J connectivity index is 2.54. The van der Waals surface area contributed by atoms with Crippen molar-refractivity contribution in [2.24, 2.45) is 0 Å². The van der Waals surface area contributed by atoms with Crippen LogP contribution in [0.5, 0.6) is 0 Å². The summed E-state index contributed by atoms with van der Waals surface area (Å²) in [5.74, 6) is -1.62. The molecule has 2 rings (SSSR count). The largest absolute Gasteiger partial charge is 0.458 e. The number of amides is 3. The molecule has 0 spiro atoms. The summed E-state index contributed by atoms with van der Waals surface area (Å²) in [4.78, 5) is 55.3. The Bertz CT molecular complexity index is 1290. The van der Waals surface area contributed by atoms with E-state index in [1.807, 2.05) is 77.1 Å². The van der Waals surface area contributed by atoms with E-state index in [1.54, 1.807) is 47.6 Å². The molecule has 2 atom stereocenters. The maximum Gasteiger partial charge on any atom is 0.408 e. The predicted octanol–water partition coefficient (Wildman–Crippen LogP) is 5.57. The normalized spacial score (nSPS) is 13.4. The maximum absolute atomic E-state index is 14.3. The van der Waals surface area contributed by atoms with Crippen LogP contribution in [0, 0.1) is 13.8 Å². The fraction of sp³-hybridized carbons (Fsp3) is 0.529. The molecule has 2 aromatic carbocycles. The molecule has 0 radical (unpaired) electrons. The summed E-state index contributed by atoms with van der Waals surface area (Å²) in [6.07, 6.45) is -0.542. The van der Waals surface area contributed by atoms with Crippen LogP contribution in [0.2, 0.25) is 0 Å². The van der Waals surface area contributed by atoms with Gasteiger partial charge < -0.3 is 25.0 Å². The number of nitrogens with zero attached hydrogens (tertiary/aromatic N) is 1. The zero-order valence-electron chi connectivity index (χ0n) is 27.6. The molecule has 9 nitrogen and oxygen atoms in total. The zero-order chi connectivity index (χ0) is 32.8. The first-order valence-electron chi connectivity index (χ1n) is 14.6. The van der Waals surface area contributed by atoms with E-state index in [2.05, 4.69) is 10.6 Å². The number of rotatable bonds is 9. The minimum absolute atomic E-state index is 0.199. The molecule has 2 N–H and O–H groups in total. The molecule has 0 aromatic heterocycles. The molecule has 0 saturated heterocycles. The first kappa shape index (κ1) is 35.3. The van der Waals surface area contributed by atoms with E-state index in [4.69, 9.17) is 9.47 Å². The summed E-state index contributed by atoms with van der Waals surface area (Å²) < 4.78 is 11.0. The molecule has 0 fully saturated rings. The van der Waals surface area contributed by atoms with Crippen LogP contribution >= 0.6 is 0 Å². The van der Waals surface area contributed by atoms with Crippen LogP contribution < -0.4 is 10.6 Å². The SMILES string of the molecule is Cc1ccc(C(C(=O)NC(Cc2ccccc2)C(=O)OC(C)(C)C)N(C(=O)CNC(=O)OC(C)(C)C)C(C)(C)C)cc1C. The molecule has 0 bridgehead atoms. The quantitative estimate of drug-likeness (QED) is 0.367. The van der Waals surface area contributed by atoms with Crippen molar-refractivity contribution >= 4 is 23.9 Å². The Morgan fingerprint density at radius 1 is 0.791 bits per heavy atom. The third-order valence-electron chi connectivity index (χ3n) is 6.42. The lowest BCUT2D eigenvalue weighted by Crippen LogP contribution is -2.57. The number of benzene rings is 2. The Labute approximate surface area is 256 Å². The Morgan fingerprint density at radius 3 is 1.88 bits per heavy atom. The van der Waals surface area contributed by atoms with Crippen LogP contribution in [-0.4, -0.2) is 58.1 Å². The number of hydrogen-bond donors (Lipinski definition) is 2. The molecule has 9 heteroatoms. The lowest BCUT2D eigenvalue weighted by molar-refractivity contribution is -0.159. The average molecular weight is 596 g/mol. The molecular formula is C34H49N3O6. The number of nitrogens with one attached hydrogen (secondary N) is 2. The van der Waals surface area contributed by atoms with Gasteiger partial charge in [-0.1, -0.05) is 48.5 Å². The highest BCUT2D eigenvalue weighted by atomic mass is 16.6. The summed E-state index contributed by atoms with van der Waals surface area (Å²) in [5, 5.41) is 5.42. The van der Waals surface area contributed by atoms with Crippen molar-refractivity contribution in [3.8, 4) is 0 Å². The third-order valence-corrected chi connectivity index (χ3v) is 6.42. The van der Waals surface area contributed by atoms with Crippen LogP contribution in [0.25, 0.3) is 0 Å². The van der Waals surface area contributed by atoms with Crippen molar-refractivity contribution in [3.05, 3.63) is 70.8 Å². The molecule has 43 heavy (non-hydrogen) atoms. The highest BCUT2D eigenvalue weighted by Gasteiger charge is 2.40. The zero-order valence-corrected chi connectivity index (χ0v) is 27.6. The fourth-order valence-electron chi connectivity index (χ4n) is 4.47. The van der Waals surface area contributed by atoms with E-state index < -0.39 is 52.7 Å². The van der Waals surface area contributed by atoms with Crippen molar-refractivity contribution in [2.45, 2.75) is 111 Å². The molecule has 0 aliphatic carbocycles. The van der Waals surface area contributed by atoms with Crippen molar-refractivity contribution in [3.63, 3.8) is 0 Å². The highest BCUT2D eigenvalue weighted by molar-refractivity contribution is 5.93. The molecule has 236 valence electrons. The number of hydrogen-bond acceptors (Lipinski definition) is 6. The Kier molecular flexibility index (Phi) is 11.5. The van der Waals surface area contributed by atoms with Gasteiger partial charge in [0.1, 0.15) is 29.8 Å². The highest BCUT2D eigenvalue weighted by Crippen LogP contribution is 2.31. The van der Waals surface area contributed by atoms with E-state index >= 15 is 0 Å². The van der Waals surface area contributed by atoms with Gasteiger partial charge in [-0.2, -0.15) is 0 Å². The van der Waals surface area contributed by atoms with Gasteiger partial charge in [-0.15, -0.1) is 0 Å². The molecule has 3 amide bonds. The van der Waals surface area contributed by atoms with Crippen LogP contribution in [0.3, 0.4) is 0 Å². The second-order valence-electron chi connectivity index (χ2n) is 13.8. The van der Waals surface area contributed by atoms with E-state index in [0.717, 1.165) is 16.7 Å². The topological polar surface area (TPSA) is 114 Å². The Morgan fingerprint density at radius 2 is 1.37 bits per heavy atom. The predicted molar refractivity (Wildman–Crippen MR) is 167 cm³/mol. The van der Waals surface area contributed by atoms with Gasteiger partial charge in [-0.25, -0.2) is 9.59 Å². The van der Waals surface area contributed by atoms with Gasteiger partial charge >= 0.3 is 12.1 Å². The van der Waals surface area contributed by atoms with Gasteiger partial charge in [0.25, 0.3) is 0 Å². The summed E-state index contributed by atoms with van der Waals surface area (Å²) >= 11 is 0. The van der Waals surface area contributed by atoms with Crippen LogP contribution in [0.15, 0.2) is 48.5 Å². The molecular weight excluding hydrogens is 546 g/mol. The number of aryl methyl sites for hydroxylation is 2. The summed E-state index contributed by atoms with van der Waals surface area (Å²) in [6.45, 7) is 19.4. The summed E-state index contributed by atoms with van der Waals surface area (Å²) in [7, 11) is 0. The number of ether oxygens (including phenoxy) is 2. The lowest BCUT2D eigenvalue weighted by atomic mass is 9.94. The van der Waals surface area contributed by atoms with Gasteiger partial charge in [0.15, 0.2) is 0 Å².